The molecule has 2 N–H and O–H groups in total. The first kappa shape index (κ1) is 17.6. The van der Waals surface area contributed by atoms with Gasteiger partial charge in [0.15, 0.2) is 0 Å². The lowest BCUT2D eigenvalue weighted by Crippen LogP contribution is -2.42. The van der Waals surface area contributed by atoms with Gasteiger partial charge in [-0.05, 0) is 30.3 Å². The number of aliphatic imine (C=N–C) groups is 1. The van der Waals surface area contributed by atoms with Gasteiger partial charge in [-0.3, -0.25) is 9.59 Å². The Kier molecular flexibility index (Phi) is 4.68. The van der Waals surface area contributed by atoms with Gasteiger partial charge in [0.2, 0.25) is 6.17 Å². The van der Waals surface area contributed by atoms with Crippen molar-refractivity contribution in [2.75, 3.05) is 5.32 Å². The van der Waals surface area contributed by atoms with E-state index in [1.165, 1.54) is 6.07 Å². The molecule has 0 fully saturated rings. The van der Waals surface area contributed by atoms with Crippen LogP contribution in [0.4, 0.5) is 10.1 Å². The Morgan fingerprint density at radius 3 is 2.29 bits per heavy atom. The number of nitrogens with one attached hydrogen (secondary N) is 2. The Hall–Kier alpha value is -3.80. The second-order valence-corrected chi connectivity index (χ2v) is 6.23. The summed E-state index contributed by atoms with van der Waals surface area (Å²) in [5.41, 5.74) is 2.04. The number of fused-ring (bicyclic) bond motifs is 1. The topological polar surface area (TPSA) is 70.6 Å². The highest BCUT2D eigenvalue weighted by molar-refractivity contribution is 6.20. The average molecular weight is 373 g/mol. The summed E-state index contributed by atoms with van der Waals surface area (Å²) in [6.45, 7) is 0. The molecule has 0 aliphatic carbocycles. The lowest BCUT2D eigenvalue weighted by molar-refractivity contribution is -0.117. The molecule has 138 valence electrons. The monoisotopic (exact) mass is 373 g/mol. The average Bonchev–Trinajstić information content (AvgIpc) is 2.85. The molecule has 28 heavy (non-hydrogen) atoms. The lowest BCUT2D eigenvalue weighted by Gasteiger charge is -2.13. The Morgan fingerprint density at radius 1 is 0.893 bits per heavy atom. The fraction of sp³-hybridized carbons (Fsp3) is 0.0455. The van der Waals surface area contributed by atoms with E-state index in [-0.39, 0.29) is 5.56 Å². The molecule has 1 aliphatic heterocycles. The zero-order valence-corrected chi connectivity index (χ0v) is 14.7. The number of anilines is 1. The number of para-hydroxylation sites is 1. The van der Waals surface area contributed by atoms with Gasteiger partial charge < -0.3 is 10.6 Å². The van der Waals surface area contributed by atoms with Crippen molar-refractivity contribution in [3.63, 3.8) is 0 Å². The fourth-order valence-electron chi connectivity index (χ4n) is 3.02. The van der Waals surface area contributed by atoms with Gasteiger partial charge in [0.05, 0.1) is 11.4 Å². The van der Waals surface area contributed by atoms with E-state index in [4.69, 9.17) is 0 Å². The van der Waals surface area contributed by atoms with Gasteiger partial charge in [0.1, 0.15) is 5.82 Å². The van der Waals surface area contributed by atoms with Gasteiger partial charge in [-0.15, -0.1) is 0 Å². The van der Waals surface area contributed by atoms with Crippen LogP contribution in [0.3, 0.4) is 0 Å². The van der Waals surface area contributed by atoms with Gasteiger partial charge in [-0.1, -0.05) is 48.5 Å². The molecule has 0 saturated heterocycles. The molecule has 3 aromatic carbocycles. The Balaban J connectivity index is 1.78. The molecule has 6 heteroatoms. The number of hydrogen-bond donors (Lipinski definition) is 2. The molecule has 0 bridgehead atoms. The predicted molar refractivity (Wildman–Crippen MR) is 105 cm³/mol. The highest BCUT2D eigenvalue weighted by atomic mass is 19.1. The number of carbonyl (C=O) groups is 2. The van der Waals surface area contributed by atoms with E-state index in [1.807, 2.05) is 0 Å². The van der Waals surface area contributed by atoms with Gasteiger partial charge in [0, 0.05) is 16.7 Å². The smallest absolute Gasteiger partial charge is 0.269 e. The van der Waals surface area contributed by atoms with Crippen LogP contribution in [-0.2, 0) is 4.79 Å². The van der Waals surface area contributed by atoms with Crippen LogP contribution >= 0.6 is 0 Å². The van der Waals surface area contributed by atoms with Crippen molar-refractivity contribution in [2.45, 2.75) is 6.17 Å². The first-order valence-electron chi connectivity index (χ1n) is 8.72. The second-order valence-electron chi connectivity index (χ2n) is 6.23. The molecule has 1 aliphatic rings. The second kappa shape index (κ2) is 7.44. The summed E-state index contributed by atoms with van der Waals surface area (Å²) in [4.78, 5) is 29.6. The summed E-state index contributed by atoms with van der Waals surface area (Å²) in [5.74, 6) is -1.40. The molecule has 1 atom stereocenters. The Morgan fingerprint density at radius 2 is 1.54 bits per heavy atom. The standard InChI is InChI=1S/C22H16FN3O2/c23-17-12-6-4-10-15(17)19-16-11-5-7-13-18(16)24-22(28)20(25-19)26-21(27)14-8-2-1-3-9-14/h1-13,20H,(H,24,28)(H,26,27)/t20-/m1/s1. The maximum absolute atomic E-state index is 14.5. The number of benzodiazepines with no additional fused rings is 1. The van der Waals surface area contributed by atoms with Gasteiger partial charge in [-0.2, -0.15) is 0 Å². The third-order valence-corrected chi connectivity index (χ3v) is 4.38. The molecule has 0 saturated carbocycles. The number of benzene rings is 3. The minimum absolute atomic E-state index is 0.255. The number of carbonyl (C=O) groups excluding carboxylic acids is 2. The lowest BCUT2D eigenvalue weighted by atomic mass is 10.0. The molecule has 0 radical (unpaired) electrons. The quantitative estimate of drug-likeness (QED) is 0.739. The zero-order chi connectivity index (χ0) is 19.5. The summed E-state index contributed by atoms with van der Waals surface area (Å²) in [5, 5.41) is 5.38. The van der Waals surface area contributed by atoms with Crippen molar-refractivity contribution in [3.05, 3.63) is 101 Å². The van der Waals surface area contributed by atoms with E-state index in [9.17, 15) is 14.0 Å². The molecule has 5 nitrogen and oxygen atoms in total. The van der Waals surface area contributed by atoms with Crippen LogP contribution in [0.25, 0.3) is 0 Å². The largest absolute Gasteiger partial charge is 0.322 e. The number of rotatable bonds is 3. The van der Waals surface area contributed by atoms with E-state index in [1.54, 1.807) is 72.8 Å². The van der Waals surface area contributed by atoms with Gasteiger partial charge in [-0.25, -0.2) is 9.38 Å². The van der Waals surface area contributed by atoms with Crippen LogP contribution in [0, 0.1) is 5.82 Å². The number of nitrogens with zero attached hydrogens (tertiary/aromatic N) is 1. The SMILES string of the molecule is O=C(N[C@H]1N=C(c2ccccc2F)c2ccccc2NC1=O)c1ccccc1. The molecule has 1 heterocycles. The van der Waals surface area contributed by atoms with Gasteiger partial charge in [0.25, 0.3) is 11.8 Å². The Bertz CT molecular complexity index is 1080. The molecular weight excluding hydrogens is 357 g/mol. The van der Waals surface area contributed by atoms with Crippen molar-refractivity contribution in [1.82, 2.24) is 5.32 Å². The fourth-order valence-corrected chi connectivity index (χ4v) is 3.02. The highest BCUT2D eigenvalue weighted by Crippen LogP contribution is 2.25. The van der Waals surface area contributed by atoms with Crippen molar-refractivity contribution < 1.29 is 14.0 Å². The third kappa shape index (κ3) is 3.40. The number of hydrogen-bond acceptors (Lipinski definition) is 3. The summed E-state index contributed by atoms with van der Waals surface area (Å²) < 4.78 is 14.5. The van der Waals surface area contributed by atoms with Crippen LogP contribution in [-0.4, -0.2) is 23.7 Å². The van der Waals surface area contributed by atoms with E-state index in [0.29, 0.717) is 22.5 Å². The van der Waals surface area contributed by atoms with Crippen molar-refractivity contribution in [1.29, 1.82) is 0 Å². The summed E-state index contributed by atoms with van der Waals surface area (Å²) in [6.07, 6.45) is -1.20. The van der Waals surface area contributed by atoms with Gasteiger partial charge >= 0.3 is 0 Å². The molecule has 4 rings (SSSR count). The first-order valence-corrected chi connectivity index (χ1v) is 8.72. The predicted octanol–water partition coefficient (Wildman–Crippen LogP) is 3.37. The zero-order valence-electron chi connectivity index (χ0n) is 14.7. The summed E-state index contributed by atoms with van der Waals surface area (Å²) >= 11 is 0. The van der Waals surface area contributed by atoms with Crippen molar-refractivity contribution in [3.8, 4) is 0 Å². The number of halogens is 1. The Labute approximate surface area is 160 Å². The first-order chi connectivity index (χ1) is 13.6. The molecule has 0 unspecified atom stereocenters. The molecule has 3 aromatic rings. The van der Waals surface area contributed by atoms with E-state index < -0.39 is 23.8 Å². The van der Waals surface area contributed by atoms with E-state index in [0.717, 1.165) is 0 Å². The van der Waals surface area contributed by atoms with Crippen LogP contribution in [0.1, 0.15) is 21.5 Å². The van der Waals surface area contributed by atoms with E-state index in [2.05, 4.69) is 15.6 Å². The van der Waals surface area contributed by atoms with Crippen molar-refractivity contribution >= 4 is 23.2 Å². The molecular formula is C22H16FN3O2. The maximum atomic E-state index is 14.5. The van der Waals surface area contributed by atoms with Crippen molar-refractivity contribution in [2.24, 2.45) is 4.99 Å². The van der Waals surface area contributed by atoms with Crippen LogP contribution in [0.2, 0.25) is 0 Å². The van der Waals surface area contributed by atoms with Crippen LogP contribution < -0.4 is 10.6 Å². The minimum Gasteiger partial charge on any atom is -0.322 e. The van der Waals surface area contributed by atoms with Crippen LogP contribution in [0.5, 0.6) is 0 Å². The highest BCUT2D eigenvalue weighted by Gasteiger charge is 2.28. The summed E-state index contributed by atoms with van der Waals surface area (Å²) in [7, 11) is 0. The minimum atomic E-state index is -1.20. The molecule has 0 spiro atoms. The third-order valence-electron chi connectivity index (χ3n) is 4.38. The number of amides is 2. The maximum Gasteiger partial charge on any atom is 0.269 e. The molecule has 2 amide bonds. The van der Waals surface area contributed by atoms with E-state index >= 15 is 0 Å². The molecule has 0 aromatic heterocycles. The summed E-state index contributed by atoms with van der Waals surface area (Å²) in [6, 6.07) is 21.7. The van der Waals surface area contributed by atoms with Crippen LogP contribution in [0.15, 0.2) is 83.9 Å². The normalized spacial score (nSPS) is 15.7.